The summed E-state index contributed by atoms with van der Waals surface area (Å²) in [6.07, 6.45) is 2.46. The quantitative estimate of drug-likeness (QED) is 0.267. The van der Waals surface area contributed by atoms with Crippen LogP contribution in [-0.4, -0.2) is 64.6 Å². The van der Waals surface area contributed by atoms with Crippen molar-refractivity contribution < 1.29 is 19.0 Å². The molecule has 4 rings (SSSR count). The van der Waals surface area contributed by atoms with Gasteiger partial charge in [0.1, 0.15) is 17.7 Å². The zero-order chi connectivity index (χ0) is 24.4. The molecule has 1 unspecified atom stereocenters. The average Bonchev–Trinajstić information content (AvgIpc) is 3.62. The minimum absolute atomic E-state index is 0.277. The van der Waals surface area contributed by atoms with Crippen LogP contribution in [0.5, 0.6) is 11.6 Å². The number of aliphatic hydroxyl groups is 1. The Morgan fingerprint density at radius 2 is 2.06 bits per heavy atom. The molecule has 1 amide bonds. The van der Waals surface area contributed by atoms with Crippen molar-refractivity contribution in [3.8, 4) is 11.6 Å². The molecule has 1 atom stereocenters. The maximum Gasteiger partial charge on any atom is 0.251 e. The van der Waals surface area contributed by atoms with E-state index >= 15 is 0 Å². The summed E-state index contributed by atoms with van der Waals surface area (Å²) >= 11 is 3.51. The summed E-state index contributed by atoms with van der Waals surface area (Å²) in [5.41, 5.74) is 8.07. The molecule has 1 aromatic heterocycles. The highest BCUT2D eigenvalue weighted by Gasteiger charge is 2.26. The van der Waals surface area contributed by atoms with Crippen molar-refractivity contribution >= 4 is 33.2 Å². The molecule has 34 heavy (non-hydrogen) atoms. The van der Waals surface area contributed by atoms with Crippen LogP contribution in [0.4, 0.5) is 15.8 Å². The van der Waals surface area contributed by atoms with E-state index in [0.717, 1.165) is 12.7 Å². The second-order valence-corrected chi connectivity index (χ2v) is 9.70. The lowest BCUT2D eigenvalue weighted by atomic mass is 10.2. The number of aliphatic hydroxyl groups excluding tert-OH is 1. The molecule has 1 saturated carbocycles. The second kappa shape index (κ2) is 10.4. The second-order valence-electron chi connectivity index (χ2n) is 8.90. The molecular weight excluding hydrogens is 507 g/mol. The number of aromatic nitrogens is 1. The van der Waals surface area contributed by atoms with Gasteiger partial charge in [-0.05, 0) is 59.8 Å². The number of halogens is 2. The Kier molecular flexibility index (Phi) is 7.56. The van der Waals surface area contributed by atoms with Gasteiger partial charge in [-0.1, -0.05) is 0 Å². The number of nitrogen functional groups attached to an aromatic ring is 1. The molecule has 0 radical (unpaired) electrons. The van der Waals surface area contributed by atoms with Crippen LogP contribution in [0.2, 0.25) is 0 Å². The fourth-order valence-corrected chi connectivity index (χ4v) is 4.39. The van der Waals surface area contributed by atoms with Gasteiger partial charge in [0, 0.05) is 44.8 Å². The molecule has 0 spiro atoms. The fraction of sp³-hybridized carbons (Fsp3) is 0.478. The largest absolute Gasteiger partial charge is 0.437 e. The van der Waals surface area contributed by atoms with Gasteiger partial charge in [-0.3, -0.25) is 9.69 Å². The van der Waals surface area contributed by atoms with Crippen molar-refractivity contribution in [3.63, 3.8) is 0 Å². The number of hydrazine groups is 1. The van der Waals surface area contributed by atoms with Gasteiger partial charge in [-0.2, -0.15) is 0 Å². The number of pyridine rings is 1. The lowest BCUT2D eigenvalue weighted by Crippen LogP contribution is -2.50. The number of anilines is 2. The third-order valence-electron chi connectivity index (χ3n) is 6.12. The Bertz CT molecular complexity index is 1040. The first-order valence-corrected chi connectivity index (χ1v) is 12.1. The lowest BCUT2D eigenvalue weighted by molar-refractivity contribution is -0.141. The van der Waals surface area contributed by atoms with Gasteiger partial charge in [0.15, 0.2) is 0 Å². The normalized spacial score (nSPS) is 17.5. The number of ether oxygens (including phenoxy) is 1. The first-order chi connectivity index (χ1) is 16.2. The van der Waals surface area contributed by atoms with Crippen LogP contribution in [0.1, 0.15) is 25.3 Å². The Labute approximate surface area is 206 Å². The van der Waals surface area contributed by atoms with Crippen LogP contribution in [0.25, 0.3) is 0 Å². The number of benzene rings is 1. The molecule has 1 saturated heterocycles. The third-order valence-corrected chi connectivity index (χ3v) is 6.93. The molecule has 5 N–H and O–H groups in total. The monoisotopic (exact) mass is 536 g/mol. The van der Waals surface area contributed by atoms with E-state index in [1.165, 1.54) is 25.8 Å². The SMILES string of the molecule is CC(O)C(=O)N1CCN(Cc2cc(F)cnc2Oc2ccc(N(N)CC3CC3)c(N)c2Br)CC1. The average molecular weight is 537 g/mol. The van der Waals surface area contributed by atoms with Gasteiger partial charge >= 0.3 is 0 Å². The molecule has 9 nitrogen and oxygen atoms in total. The summed E-state index contributed by atoms with van der Waals surface area (Å²) in [6.45, 7) is 4.77. The van der Waals surface area contributed by atoms with Crippen molar-refractivity contribution in [2.45, 2.75) is 32.4 Å². The Morgan fingerprint density at radius 3 is 2.71 bits per heavy atom. The number of nitrogens with zero attached hydrogens (tertiary/aromatic N) is 4. The fourth-order valence-electron chi connectivity index (χ4n) is 3.98. The molecular formula is C23H30BrFN6O3. The zero-order valence-corrected chi connectivity index (χ0v) is 20.7. The van der Waals surface area contributed by atoms with E-state index in [9.17, 15) is 14.3 Å². The molecule has 1 aliphatic heterocycles. The molecule has 1 aliphatic carbocycles. The molecule has 2 aromatic rings. The first kappa shape index (κ1) is 24.6. The molecule has 2 heterocycles. The van der Waals surface area contributed by atoms with Crippen molar-refractivity contribution in [2.75, 3.05) is 43.5 Å². The van der Waals surface area contributed by atoms with Crippen molar-refractivity contribution in [3.05, 3.63) is 40.2 Å². The molecule has 2 aliphatic rings. The molecule has 184 valence electrons. The summed E-state index contributed by atoms with van der Waals surface area (Å²) in [4.78, 5) is 19.9. The zero-order valence-electron chi connectivity index (χ0n) is 19.1. The van der Waals surface area contributed by atoms with Crippen molar-refractivity contribution in [1.29, 1.82) is 0 Å². The third kappa shape index (κ3) is 5.77. The van der Waals surface area contributed by atoms with Crippen LogP contribution in [0.15, 0.2) is 28.9 Å². The topological polar surface area (TPSA) is 121 Å². The highest BCUT2D eigenvalue weighted by Crippen LogP contribution is 2.40. The Hall–Kier alpha value is -2.47. The van der Waals surface area contributed by atoms with Crippen LogP contribution < -0.4 is 21.3 Å². The van der Waals surface area contributed by atoms with Gasteiger partial charge in [0.05, 0.1) is 22.0 Å². The van der Waals surface area contributed by atoms with Crippen molar-refractivity contribution in [2.24, 2.45) is 11.8 Å². The van der Waals surface area contributed by atoms with Crippen LogP contribution in [0, 0.1) is 11.7 Å². The summed E-state index contributed by atoms with van der Waals surface area (Å²) in [5.74, 6) is 6.79. The van der Waals surface area contributed by atoms with Gasteiger partial charge in [0.2, 0.25) is 5.88 Å². The van der Waals surface area contributed by atoms with Gasteiger partial charge in [-0.15, -0.1) is 0 Å². The van der Waals surface area contributed by atoms with Gasteiger partial charge < -0.3 is 25.5 Å². The predicted octanol–water partition coefficient (Wildman–Crippen LogP) is 2.47. The molecule has 2 fully saturated rings. The summed E-state index contributed by atoms with van der Waals surface area (Å²) in [7, 11) is 0. The van der Waals surface area contributed by atoms with Crippen LogP contribution >= 0.6 is 15.9 Å². The van der Waals surface area contributed by atoms with E-state index in [4.69, 9.17) is 16.3 Å². The van der Waals surface area contributed by atoms with E-state index in [1.54, 1.807) is 22.0 Å². The van der Waals surface area contributed by atoms with Gasteiger partial charge in [0.25, 0.3) is 5.91 Å². The smallest absolute Gasteiger partial charge is 0.251 e. The molecule has 0 bridgehead atoms. The minimum atomic E-state index is -1.02. The first-order valence-electron chi connectivity index (χ1n) is 11.3. The summed E-state index contributed by atoms with van der Waals surface area (Å²) < 4.78 is 20.6. The molecule has 11 heteroatoms. The lowest BCUT2D eigenvalue weighted by Gasteiger charge is -2.35. The predicted molar refractivity (Wildman–Crippen MR) is 131 cm³/mol. The van der Waals surface area contributed by atoms with E-state index in [-0.39, 0.29) is 11.8 Å². The number of carbonyl (C=O) groups excluding carboxylic acids is 1. The van der Waals surface area contributed by atoms with E-state index in [0.29, 0.717) is 65.8 Å². The maximum absolute atomic E-state index is 14.0. The Morgan fingerprint density at radius 1 is 1.35 bits per heavy atom. The standard InChI is InChI=1S/C23H30BrFN6O3/c1-14(32)23(33)30-8-6-29(7-9-30)13-16-10-17(25)11-28-22(16)34-19-5-4-18(21(26)20(19)24)31(27)12-15-2-3-15/h4-5,10-11,14-15,32H,2-3,6-9,12-13,26-27H2,1H3. The number of hydrogen-bond acceptors (Lipinski definition) is 8. The Balaban J connectivity index is 1.46. The highest BCUT2D eigenvalue weighted by molar-refractivity contribution is 9.10. The van der Waals surface area contributed by atoms with E-state index in [1.807, 2.05) is 0 Å². The van der Waals surface area contributed by atoms with E-state index < -0.39 is 11.9 Å². The van der Waals surface area contributed by atoms with Crippen molar-refractivity contribution in [1.82, 2.24) is 14.8 Å². The minimum Gasteiger partial charge on any atom is -0.437 e. The number of carbonyl (C=O) groups is 1. The van der Waals surface area contributed by atoms with Crippen LogP contribution in [0.3, 0.4) is 0 Å². The number of rotatable bonds is 8. The maximum atomic E-state index is 14.0. The van der Waals surface area contributed by atoms with Crippen LogP contribution in [-0.2, 0) is 11.3 Å². The molecule has 1 aromatic carbocycles. The number of piperazine rings is 1. The highest BCUT2D eigenvalue weighted by atomic mass is 79.9. The number of hydrogen-bond donors (Lipinski definition) is 3. The summed E-state index contributed by atoms with van der Waals surface area (Å²) in [5, 5.41) is 11.2. The van der Waals surface area contributed by atoms with E-state index in [2.05, 4.69) is 25.8 Å². The number of amides is 1. The van der Waals surface area contributed by atoms with Gasteiger partial charge in [-0.25, -0.2) is 15.2 Å². The summed E-state index contributed by atoms with van der Waals surface area (Å²) in [6, 6.07) is 4.97. The number of nitrogens with two attached hydrogens (primary N) is 2.